The summed E-state index contributed by atoms with van der Waals surface area (Å²) in [6.45, 7) is 0.358. The maximum atomic E-state index is 11.1. The number of aryl methyl sites for hydroxylation is 1. The van der Waals surface area contributed by atoms with Gasteiger partial charge in [0.25, 0.3) is 5.69 Å². The molecule has 0 fully saturated rings. The minimum absolute atomic E-state index is 0.112. The van der Waals surface area contributed by atoms with Crippen molar-refractivity contribution in [2.45, 2.75) is 6.54 Å². The minimum Gasteiger partial charge on any atom is -0.375 e. The van der Waals surface area contributed by atoms with Crippen LogP contribution in [0.5, 0.6) is 0 Å². The smallest absolute Gasteiger partial charge is 0.292 e. The SMILES string of the molecule is Cn1cc(CNc2cc(C(N)=O)ccc2[N+](=O)[O-])cn1. The number of nitrogens with two attached hydrogens (primary N) is 1. The lowest BCUT2D eigenvalue weighted by Crippen LogP contribution is -2.12. The number of benzene rings is 1. The zero-order valence-corrected chi connectivity index (χ0v) is 10.7. The molecule has 1 amide bonds. The summed E-state index contributed by atoms with van der Waals surface area (Å²) < 4.78 is 1.63. The summed E-state index contributed by atoms with van der Waals surface area (Å²) in [5, 5.41) is 17.9. The van der Waals surface area contributed by atoms with Gasteiger partial charge in [0.15, 0.2) is 0 Å². The number of nitro benzene ring substituents is 1. The molecule has 0 spiro atoms. The van der Waals surface area contributed by atoms with Crippen molar-refractivity contribution in [3.8, 4) is 0 Å². The van der Waals surface area contributed by atoms with E-state index in [0.717, 1.165) is 5.56 Å². The molecule has 0 saturated heterocycles. The summed E-state index contributed by atoms with van der Waals surface area (Å²) >= 11 is 0. The van der Waals surface area contributed by atoms with Gasteiger partial charge in [-0.15, -0.1) is 0 Å². The number of aromatic nitrogens is 2. The number of hydrogen-bond acceptors (Lipinski definition) is 5. The van der Waals surface area contributed by atoms with Gasteiger partial charge in [-0.25, -0.2) is 0 Å². The molecule has 2 aromatic rings. The number of anilines is 1. The third-order valence-corrected chi connectivity index (χ3v) is 2.72. The standard InChI is InChI=1S/C12H13N5O3/c1-16-7-8(6-15-16)5-14-10-4-9(12(13)18)2-3-11(10)17(19)20/h2-4,6-7,14H,5H2,1H3,(H2,13,18). The largest absolute Gasteiger partial charge is 0.375 e. The molecular formula is C12H13N5O3. The van der Waals surface area contributed by atoms with Crippen LogP contribution in [0, 0.1) is 10.1 Å². The number of primary amides is 1. The van der Waals surface area contributed by atoms with Crippen molar-refractivity contribution in [1.82, 2.24) is 9.78 Å². The van der Waals surface area contributed by atoms with Gasteiger partial charge in [-0.2, -0.15) is 5.10 Å². The van der Waals surface area contributed by atoms with Gasteiger partial charge in [0, 0.05) is 37.0 Å². The van der Waals surface area contributed by atoms with Gasteiger partial charge >= 0.3 is 0 Å². The minimum atomic E-state index is -0.635. The second-order valence-corrected chi connectivity index (χ2v) is 4.23. The van der Waals surface area contributed by atoms with E-state index >= 15 is 0 Å². The van der Waals surface area contributed by atoms with Gasteiger partial charge in [-0.3, -0.25) is 19.6 Å². The summed E-state index contributed by atoms with van der Waals surface area (Å²) in [5.41, 5.74) is 6.38. The first-order valence-corrected chi connectivity index (χ1v) is 5.77. The van der Waals surface area contributed by atoms with Gasteiger partial charge in [-0.05, 0) is 12.1 Å². The van der Waals surface area contributed by atoms with Gasteiger partial charge in [0.2, 0.25) is 5.91 Å². The number of nitrogens with zero attached hydrogens (tertiary/aromatic N) is 3. The number of nitrogens with one attached hydrogen (secondary N) is 1. The van der Waals surface area contributed by atoms with E-state index in [1.54, 1.807) is 24.1 Å². The Morgan fingerprint density at radius 1 is 1.55 bits per heavy atom. The molecule has 0 aliphatic carbocycles. The van der Waals surface area contributed by atoms with Crippen LogP contribution in [0.4, 0.5) is 11.4 Å². The van der Waals surface area contributed by atoms with E-state index in [4.69, 9.17) is 5.73 Å². The monoisotopic (exact) mass is 275 g/mol. The van der Waals surface area contributed by atoms with Crippen molar-refractivity contribution in [2.24, 2.45) is 12.8 Å². The van der Waals surface area contributed by atoms with Gasteiger partial charge in [0.1, 0.15) is 5.69 Å². The van der Waals surface area contributed by atoms with Crippen LogP contribution in [0.15, 0.2) is 30.6 Å². The van der Waals surface area contributed by atoms with Crippen molar-refractivity contribution in [2.75, 3.05) is 5.32 Å². The van der Waals surface area contributed by atoms with Crippen LogP contribution in [-0.2, 0) is 13.6 Å². The van der Waals surface area contributed by atoms with Gasteiger partial charge in [-0.1, -0.05) is 0 Å². The van der Waals surface area contributed by atoms with Gasteiger partial charge in [0.05, 0.1) is 11.1 Å². The number of amides is 1. The molecule has 0 aliphatic heterocycles. The van der Waals surface area contributed by atoms with Crippen molar-refractivity contribution in [1.29, 1.82) is 0 Å². The molecule has 8 heteroatoms. The second kappa shape index (κ2) is 5.39. The first-order valence-electron chi connectivity index (χ1n) is 5.77. The average molecular weight is 275 g/mol. The summed E-state index contributed by atoms with van der Waals surface area (Å²) in [7, 11) is 1.78. The Bertz CT molecular complexity index is 665. The van der Waals surface area contributed by atoms with E-state index in [0.29, 0.717) is 6.54 Å². The highest BCUT2D eigenvalue weighted by molar-refractivity contribution is 5.94. The Balaban J connectivity index is 2.25. The summed E-state index contributed by atoms with van der Waals surface area (Å²) in [5.74, 6) is -0.635. The fourth-order valence-electron chi connectivity index (χ4n) is 1.75. The molecule has 20 heavy (non-hydrogen) atoms. The fourth-order valence-corrected chi connectivity index (χ4v) is 1.75. The first kappa shape index (κ1) is 13.5. The lowest BCUT2D eigenvalue weighted by Gasteiger charge is -2.07. The van der Waals surface area contributed by atoms with E-state index in [2.05, 4.69) is 10.4 Å². The lowest BCUT2D eigenvalue weighted by atomic mass is 10.1. The van der Waals surface area contributed by atoms with Crippen molar-refractivity contribution in [3.63, 3.8) is 0 Å². The van der Waals surface area contributed by atoms with Crippen LogP contribution < -0.4 is 11.1 Å². The van der Waals surface area contributed by atoms with Crippen molar-refractivity contribution >= 4 is 17.3 Å². The zero-order chi connectivity index (χ0) is 14.7. The number of carbonyl (C=O) groups is 1. The summed E-state index contributed by atoms with van der Waals surface area (Å²) in [6.07, 6.45) is 3.44. The molecule has 1 aromatic carbocycles. The molecule has 0 saturated carbocycles. The summed E-state index contributed by atoms with van der Waals surface area (Å²) in [4.78, 5) is 21.6. The molecular weight excluding hydrogens is 262 g/mol. The number of carbonyl (C=O) groups excluding carboxylic acids is 1. The van der Waals surface area contributed by atoms with Crippen LogP contribution in [0.2, 0.25) is 0 Å². The molecule has 0 aliphatic rings. The zero-order valence-electron chi connectivity index (χ0n) is 10.7. The first-order chi connectivity index (χ1) is 9.47. The van der Waals surface area contributed by atoms with Crippen molar-refractivity contribution < 1.29 is 9.72 Å². The third-order valence-electron chi connectivity index (χ3n) is 2.72. The molecule has 0 unspecified atom stereocenters. The second-order valence-electron chi connectivity index (χ2n) is 4.23. The van der Waals surface area contributed by atoms with Gasteiger partial charge < -0.3 is 11.1 Å². The predicted octanol–water partition coefficient (Wildman–Crippen LogP) is 1.04. The molecule has 0 bridgehead atoms. The third kappa shape index (κ3) is 2.91. The number of hydrogen-bond donors (Lipinski definition) is 2. The molecule has 0 radical (unpaired) electrons. The molecule has 1 heterocycles. The van der Waals surface area contributed by atoms with Crippen LogP contribution in [0.1, 0.15) is 15.9 Å². The van der Waals surface area contributed by atoms with Crippen molar-refractivity contribution in [3.05, 3.63) is 51.8 Å². The Hall–Kier alpha value is -2.90. The Labute approximate surface area is 114 Å². The normalized spacial score (nSPS) is 10.2. The molecule has 3 N–H and O–H groups in total. The molecule has 2 rings (SSSR count). The Morgan fingerprint density at radius 2 is 2.30 bits per heavy atom. The highest BCUT2D eigenvalue weighted by Crippen LogP contribution is 2.25. The highest BCUT2D eigenvalue weighted by Gasteiger charge is 2.15. The molecule has 104 valence electrons. The Kier molecular flexibility index (Phi) is 3.65. The topological polar surface area (TPSA) is 116 Å². The fraction of sp³-hybridized carbons (Fsp3) is 0.167. The van der Waals surface area contributed by atoms with E-state index in [9.17, 15) is 14.9 Å². The summed E-state index contributed by atoms with van der Waals surface area (Å²) in [6, 6.07) is 3.96. The molecule has 8 nitrogen and oxygen atoms in total. The van der Waals surface area contributed by atoms with E-state index < -0.39 is 10.8 Å². The molecule has 1 aromatic heterocycles. The van der Waals surface area contributed by atoms with E-state index in [1.807, 2.05) is 0 Å². The Morgan fingerprint density at radius 3 is 2.85 bits per heavy atom. The molecule has 0 atom stereocenters. The maximum absolute atomic E-state index is 11.1. The number of nitro groups is 1. The lowest BCUT2D eigenvalue weighted by molar-refractivity contribution is -0.384. The van der Waals surface area contributed by atoms with Crippen LogP contribution in [-0.4, -0.2) is 20.6 Å². The van der Waals surface area contributed by atoms with Crippen LogP contribution >= 0.6 is 0 Å². The van der Waals surface area contributed by atoms with Crippen LogP contribution in [0.3, 0.4) is 0 Å². The van der Waals surface area contributed by atoms with E-state index in [-0.39, 0.29) is 16.9 Å². The van der Waals surface area contributed by atoms with Crippen LogP contribution in [0.25, 0.3) is 0 Å². The maximum Gasteiger partial charge on any atom is 0.292 e. The van der Waals surface area contributed by atoms with E-state index in [1.165, 1.54) is 18.2 Å². The quantitative estimate of drug-likeness (QED) is 0.624. The highest BCUT2D eigenvalue weighted by atomic mass is 16.6. The average Bonchev–Trinajstić information content (AvgIpc) is 2.81. The predicted molar refractivity (Wildman–Crippen MR) is 72.1 cm³/mol. The number of rotatable bonds is 5.